The van der Waals surface area contributed by atoms with E-state index in [1.165, 1.54) is 23.1 Å². The number of halogens is 3. The van der Waals surface area contributed by atoms with Crippen molar-refractivity contribution in [3.63, 3.8) is 0 Å². The van der Waals surface area contributed by atoms with Crippen LogP contribution >= 0.6 is 0 Å². The lowest BCUT2D eigenvalue weighted by atomic mass is 10.1. The molecule has 0 saturated heterocycles. The van der Waals surface area contributed by atoms with E-state index >= 15 is 0 Å². The Bertz CT molecular complexity index is 567. The van der Waals surface area contributed by atoms with E-state index in [1.54, 1.807) is 13.8 Å². The van der Waals surface area contributed by atoms with Crippen molar-refractivity contribution in [2.24, 2.45) is 5.10 Å². The Morgan fingerprint density at radius 3 is 2.36 bits per heavy atom. The molecule has 0 bridgehead atoms. The van der Waals surface area contributed by atoms with Crippen LogP contribution in [0.2, 0.25) is 0 Å². The second kappa shape index (κ2) is 7.58. The van der Waals surface area contributed by atoms with Gasteiger partial charge in [-0.2, -0.15) is 18.3 Å². The van der Waals surface area contributed by atoms with Crippen molar-refractivity contribution in [2.45, 2.75) is 20.0 Å². The zero-order valence-electron chi connectivity index (χ0n) is 12.1. The minimum Gasteiger partial charge on any atom is -0.335 e. The summed E-state index contributed by atoms with van der Waals surface area (Å²) in [5.41, 5.74) is 0.855. The van der Waals surface area contributed by atoms with Gasteiger partial charge in [0.1, 0.15) is 0 Å². The van der Waals surface area contributed by atoms with Crippen molar-refractivity contribution < 1.29 is 22.8 Å². The molecule has 0 atom stereocenters. The highest BCUT2D eigenvalue weighted by Crippen LogP contribution is 2.30. The third kappa shape index (κ3) is 4.57. The Labute approximate surface area is 125 Å². The molecule has 5 nitrogen and oxygen atoms in total. The molecule has 0 unspecified atom stereocenters. The molecule has 0 heterocycles. The second-order valence-corrected chi connectivity index (χ2v) is 4.26. The average molecular weight is 315 g/mol. The van der Waals surface area contributed by atoms with Crippen LogP contribution in [0.5, 0.6) is 0 Å². The van der Waals surface area contributed by atoms with Gasteiger partial charge in [0.25, 0.3) is 0 Å². The van der Waals surface area contributed by atoms with Gasteiger partial charge < -0.3 is 4.90 Å². The molecule has 2 amide bonds. The summed E-state index contributed by atoms with van der Waals surface area (Å²) in [7, 11) is 0. The van der Waals surface area contributed by atoms with Crippen LogP contribution in [0.3, 0.4) is 0 Å². The first-order chi connectivity index (χ1) is 10.3. The molecule has 0 saturated carbocycles. The number of nitrogens with zero attached hydrogens (tertiary/aromatic N) is 2. The third-order valence-electron chi connectivity index (χ3n) is 2.88. The average Bonchev–Trinajstić information content (AvgIpc) is 2.47. The predicted octanol–water partition coefficient (Wildman–Crippen LogP) is 2.02. The van der Waals surface area contributed by atoms with E-state index in [0.717, 1.165) is 12.3 Å². The molecule has 0 radical (unpaired) electrons. The molecular formula is C14H16F3N3O2. The first-order valence-corrected chi connectivity index (χ1v) is 6.59. The maximum absolute atomic E-state index is 12.8. The maximum atomic E-state index is 12.8. The quantitative estimate of drug-likeness (QED) is 0.525. The zero-order chi connectivity index (χ0) is 16.8. The van der Waals surface area contributed by atoms with Gasteiger partial charge in [-0.05, 0) is 19.9 Å². The number of hydrogen-bond donors (Lipinski definition) is 1. The molecule has 0 spiro atoms. The lowest BCUT2D eigenvalue weighted by Crippen LogP contribution is -2.41. The van der Waals surface area contributed by atoms with Crippen LogP contribution in [0, 0.1) is 0 Å². The SMILES string of the molecule is CCN(CC)C(=O)C(=O)N/N=C/c1ccccc1C(F)(F)F. The topological polar surface area (TPSA) is 61.8 Å². The fourth-order valence-corrected chi connectivity index (χ4v) is 1.73. The Hall–Kier alpha value is -2.38. The van der Waals surface area contributed by atoms with Crippen LogP contribution in [0.4, 0.5) is 13.2 Å². The van der Waals surface area contributed by atoms with Crippen molar-refractivity contribution in [2.75, 3.05) is 13.1 Å². The molecule has 1 rings (SSSR count). The van der Waals surface area contributed by atoms with Crippen molar-refractivity contribution in [3.05, 3.63) is 35.4 Å². The summed E-state index contributed by atoms with van der Waals surface area (Å²) in [6, 6.07) is 4.79. The Morgan fingerprint density at radius 1 is 1.23 bits per heavy atom. The molecule has 22 heavy (non-hydrogen) atoms. The minimum absolute atomic E-state index is 0.203. The number of alkyl halides is 3. The fourth-order valence-electron chi connectivity index (χ4n) is 1.73. The summed E-state index contributed by atoms with van der Waals surface area (Å²) in [4.78, 5) is 24.4. The van der Waals surface area contributed by atoms with Gasteiger partial charge in [0.05, 0.1) is 11.8 Å². The second-order valence-electron chi connectivity index (χ2n) is 4.26. The van der Waals surface area contributed by atoms with Crippen LogP contribution in [0.1, 0.15) is 25.0 Å². The number of rotatable bonds is 4. The number of benzene rings is 1. The summed E-state index contributed by atoms with van der Waals surface area (Å²) < 4.78 is 38.3. The summed E-state index contributed by atoms with van der Waals surface area (Å²) in [5, 5.41) is 3.42. The number of amides is 2. The van der Waals surface area contributed by atoms with Crippen LogP contribution < -0.4 is 5.43 Å². The van der Waals surface area contributed by atoms with Crippen LogP contribution in [0.25, 0.3) is 0 Å². The molecule has 8 heteroatoms. The van der Waals surface area contributed by atoms with E-state index in [-0.39, 0.29) is 5.56 Å². The zero-order valence-corrected chi connectivity index (χ0v) is 12.1. The molecule has 0 aromatic heterocycles. The van der Waals surface area contributed by atoms with Crippen molar-refractivity contribution >= 4 is 18.0 Å². The molecule has 0 aliphatic carbocycles. The lowest BCUT2D eigenvalue weighted by molar-refractivity contribution is -0.145. The largest absolute Gasteiger partial charge is 0.417 e. The van der Waals surface area contributed by atoms with Crippen molar-refractivity contribution in [1.82, 2.24) is 10.3 Å². The molecule has 1 N–H and O–H groups in total. The number of hydrazone groups is 1. The van der Waals surface area contributed by atoms with E-state index < -0.39 is 23.6 Å². The van der Waals surface area contributed by atoms with E-state index in [1.807, 2.05) is 5.43 Å². The number of hydrogen-bond acceptors (Lipinski definition) is 3. The summed E-state index contributed by atoms with van der Waals surface area (Å²) in [6.07, 6.45) is -3.67. The smallest absolute Gasteiger partial charge is 0.335 e. The molecule has 0 fully saturated rings. The van der Waals surface area contributed by atoms with Crippen molar-refractivity contribution in [3.8, 4) is 0 Å². The van der Waals surface area contributed by atoms with Crippen LogP contribution in [0.15, 0.2) is 29.4 Å². The fraction of sp³-hybridized carbons (Fsp3) is 0.357. The van der Waals surface area contributed by atoms with Gasteiger partial charge in [-0.15, -0.1) is 0 Å². The number of carbonyl (C=O) groups excluding carboxylic acids is 2. The summed E-state index contributed by atoms with van der Waals surface area (Å²) in [6.45, 7) is 4.11. The lowest BCUT2D eigenvalue weighted by Gasteiger charge is -2.16. The highest BCUT2D eigenvalue weighted by Gasteiger charge is 2.32. The standard InChI is InChI=1S/C14H16F3N3O2/c1-3-20(4-2)13(22)12(21)19-18-9-10-7-5-6-8-11(10)14(15,16)17/h5-9H,3-4H2,1-2H3,(H,19,21)/b18-9+. The highest BCUT2D eigenvalue weighted by atomic mass is 19.4. The van der Waals surface area contributed by atoms with Gasteiger partial charge in [-0.3, -0.25) is 9.59 Å². The molecule has 120 valence electrons. The normalized spacial score (nSPS) is 11.5. The van der Waals surface area contributed by atoms with E-state index in [0.29, 0.717) is 13.1 Å². The van der Waals surface area contributed by atoms with Crippen LogP contribution in [-0.4, -0.2) is 36.0 Å². The van der Waals surface area contributed by atoms with Gasteiger partial charge in [-0.25, -0.2) is 5.43 Å². The Kier molecular flexibility index (Phi) is 6.09. The molecule has 0 aliphatic rings. The predicted molar refractivity (Wildman–Crippen MR) is 75.1 cm³/mol. The minimum atomic E-state index is -4.52. The van der Waals surface area contributed by atoms with Gasteiger partial charge in [0, 0.05) is 18.7 Å². The third-order valence-corrected chi connectivity index (χ3v) is 2.88. The number of carbonyl (C=O) groups is 2. The van der Waals surface area contributed by atoms with Crippen LogP contribution in [-0.2, 0) is 15.8 Å². The first-order valence-electron chi connectivity index (χ1n) is 6.59. The first kappa shape index (κ1) is 17.7. The van der Waals surface area contributed by atoms with Gasteiger partial charge in [0.15, 0.2) is 0 Å². The number of likely N-dealkylation sites (N-methyl/N-ethyl adjacent to an activating group) is 1. The monoisotopic (exact) mass is 315 g/mol. The Balaban J connectivity index is 2.79. The van der Waals surface area contributed by atoms with Crippen molar-refractivity contribution in [1.29, 1.82) is 0 Å². The van der Waals surface area contributed by atoms with Gasteiger partial charge in [-0.1, -0.05) is 18.2 Å². The maximum Gasteiger partial charge on any atom is 0.417 e. The molecule has 1 aromatic carbocycles. The van der Waals surface area contributed by atoms with E-state index in [9.17, 15) is 22.8 Å². The highest BCUT2D eigenvalue weighted by molar-refractivity contribution is 6.34. The Morgan fingerprint density at radius 2 is 1.82 bits per heavy atom. The summed E-state index contributed by atoms with van der Waals surface area (Å²) >= 11 is 0. The molecule has 0 aliphatic heterocycles. The van der Waals surface area contributed by atoms with Gasteiger partial charge >= 0.3 is 18.0 Å². The molecule has 1 aromatic rings. The van der Waals surface area contributed by atoms with Gasteiger partial charge in [0.2, 0.25) is 0 Å². The summed E-state index contributed by atoms with van der Waals surface area (Å²) in [5.74, 6) is -1.78. The van der Waals surface area contributed by atoms with E-state index in [4.69, 9.17) is 0 Å². The van der Waals surface area contributed by atoms with E-state index in [2.05, 4.69) is 5.10 Å². The number of nitrogens with one attached hydrogen (secondary N) is 1. The molecular weight excluding hydrogens is 299 g/mol.